The molecule has 2 amide bonds. The normalized spacial score (nSPS) is 22.0. The molecule has 0 radical (unpaired) electrons. The van der Waals surface area contributed by atoms with E-state index < -0.39 is 17.9 Å². The molecule has 0 saturated carbocycles. The van der Waals surface area contributed by atoms with Gasteiger partial charge < -0.3 is 19.6 Å². The van der Waals surface area contributed by atoms with Crippen molar-refractivity contribution in [2.75, 3.05) is 20.2 Å². The number of piperidine rings is 1. The third-order valence-electron chi connectivity index (χ3n) is 3.87. The van der Waals surface area contributed by atoms with Gasteiger partial charge in [0.1, 0.15) is 6.54 Å². The molecular formula is C14H24N2O5. The number of hydrogen-bond acceptors (Lipinski definition) is 4. The van der Waals surface area contributed by atoms with Gasteiger partial charge in [-0.25, -0.2) is 4.79 Å². The van der Waals surface area contributed by atoms with Crippen molar-refractivity contribution in [3.8, 4) is 0 Å². The van der Waals surface area contributed by atoms with Crippen molar-refractivity contribution in [1.82, 2.24) is 9.80 Å². The van der Waals surface area contributed by atoms with Gasteiger partial charge in [-0.3, -0.25) is 9.59 Å². The van der Waals surface area contributed by atoms with Gasteiger partial charge in [0.05, 0.1) is 13.0 Å². The summed E-state index contributed by atoms with van der Waals surface area (Å²) in [6, 6.07) is -0.543. The number of carbonyl (C=O) groups excluding carboxylic acids is 2. The Balaban J connectivity index is 2.76. The van der Waals surface area contributed by atoms with Gasteiger partial charge in [0.15, 0.2) is 0 Å². The van der Waals surface area contributed by atoms with Gasteiger partial charge in [0.2, 0.25) is 0 Å². The molecule has 1 rings (SSSR count). The van der Waals surface area contributed by atoms with Crippen LogP contribution in [0.5, 0.6) is 0 Å². The van der Waals surface area contributed by atoms with Crippen LogP contribution in [0.15, 0.2) is 0 Å². The Kier molecular flexibility index (Phi) is 5.99. The predicted molar refractivity (Wildman–Crippen MR) is 75.8 cm³/mol. The molecule has 2 atom stereocenters. The highest BCUT2D eigenvalue weighted by Gasteiger charge is 2.35. The van der Waals surface area contributed by atoms with Crippen molar-refractivity contribution in [1.29, 1.82) is 0 Å². The van der Waals surface area contributed by atoms with Crippen molar-refractivity contribution in [3.05, 3.63) is 0 Å². The van der Waals surface area contributed by atoms with Crippen LogP contribution in [-0.2, 0) is 14.3 Å². The summed E-state index contributed by atoms with van der Waals surface area (Å²) < 4.78 is 4.61. The third kappa shape index (κ3) is 4.34. The fourth-order valence-electron chi connectivity index (χ4n) is 2.52. The van der Waals surface area contributed by atoms with E-state index in [0.717, 1.165) is 0 Å². The highest BCUT2D eigenvalue weighted by atomic mass is 16.5. The molecule has 1 fully saturated rings. The van der Waals surface area contributed by atoms with Gasteiger partial charge in [-0.15, -0.1) is 0 Å². The highest BCUT2D eigenvalue weighted by Crippen LogP contribution is 2.24. The summed E-state index contributed by atoms with van der Waals surface area (Å²) in [5.41, 5.74) is 0. The summed E-state index contributed by atoms with van der Waals surface area (Å²) in [6.07, 6.45) is 0.876. The number of amides is 2. The Morgan fingerprint density at radius 3 is 2.43 bits per heavy atom. The van der Waals surface area contributed by atoms with Crippen LogP contribution in [-0.4, -0.2) is 65.2 Å². The topological polar surface area (TPSA) is 87.2 Å². The zero-order valence-electron chi connectivity index (χ0n) is 13.0. The van der Waals surface area contributed by atoms with E-state index in [1.165, 1.54) is 12.0 Å². The number of methoxy groups -OCH3 is 1. The first-order valence-corrected chi connectivity index (χ1v) is 7.14. The molecule has 120 valence electrons. The molecule has 21 heavy (non-hydrogen) atoms. The van der Waals surface area contributed by atoms with E-state index in [1.807, 2.05) is 20.8 Å². The van der Waals surface area contributed by atoms with E-state index in [4.69, 9.17) is 5.11 Å². The minimum atomic E-state index is -0.816. The number of likely N-dealkylation sites (tertiary alicyclic amines) is 1. The van der Waals surface area contributed by atoms with Crippen molar-refractivity contribution in [2.24, 2.45) is 5.92 Å². The lowest BCUT2D eigenvalue weighted by atomic mass is 9.92. The Hall–Kier alpha value is -1.79. The van der Waals surface area contributed by atoms with Crippen molar-refractivity contribution in [3.63, 3.8) is 0 Å². The smallest absolute Gasteiger partial charge is 0.325 e. The first-order valence-electron chi connectivity index (χ1n) is 7.14. The fraction of sp³-hybridized carbons (Fsp3) is 0.786. The maximum atomic E-state index is 12.6. The average Bonchev–Trinajstić information content (AvgIpc) is 2.43. The SMILES string of the molecule is COC(=O)CN(C(=O)N1CCC(C(=O)O)CC1C)C(C)C. The summed E-state index contributed by atoms with van der Waals surface area (Å²) in [7, 11) is 1.28. The molecule has 7 nitrogen and oxygen atoms in total. The maximum absolute atomic E-state index is 12.6. The van der Waals surface area contributed by atoms with Crippen LogP contribution in [0.2, 0.25) is 0 Å². The number of esters is 1. The number of nitrogens with zero attached hydrogens (tertiary/aromatic N) is 2. The summed E-state index contributed by atoms with van der Waals surface area (Å²) in [5.74, 6) is -1.69. The average molecular weight is 300 g/mol. The van der Waals surface area contributed by atoms with Crippen LogP contribution in [0.3, 0.4) is 0 Å². The lowest BCUT2D eigenvalue weighted by molar-refractivity contribution is -0.143. The maximum Gasteiger partial charge on any atom is 0.325 e. The molecule has 0 aromatic heterocycles. The second-order valence-corrected chi connectivity index (χ2v) is 5.68. The fourth-order valence-corrected chi connectivity index (χ4v) is 2.52. The number of hydrogen-bond donors (Lipinski definition) is 1. The monoisotopic (exact) mass is 300 g/mol. The molecule has 0 bridgehead atoms. The molecule has 1 aliphatic rings. The van der Waals surface area contributed by atoms with Crippen molar-refractivity contribution >= 4 is 18.0 Å². The van der Waals surface area contributed by atoms with E-state index in [0.29, 0.717) is 19.4 Å². The van der Waals surface area contributed by atoms with Crippen molar-refractivity contribution < 1.29 is 24.2 Å². The number of carbonyl (C=O) groups is 3. The minimum absolute atomic E-state index is 0.0986. The number of carboxylic acid groups (broad SMARTS) is 1. The number of carboxylic acids is 1. The van der Waals surface area contributed by atoms with E-state index >= 15 is 0 Å². The molecule has 7 heteroatoms. The Labute approximate surface area is 124 Å². The molecule has 0 spiro atoms. The molecule has 0 aromatic carbocycles. The molecule has 0 aliphatic carbocycles. The standard InChI is InChI=1S/C14H24N2O5/c1-9(2)16(8-12(17)21-4)14(20)15-6-5-11(13(18)19)7-10(15)3/h9-11H,5-8H2,1-4H3,(H,18,19). The van der Waals surface area contributed by atoms with Crippen LogP contribution in [0.4, 0.5) is 4.79 Å². The van der Waals surface area contributed by atoms with Gasteiger partial charge in [0.25, 0.3) is 0 Å². The quantitative estimate of drug-likeness (QED) is 0.788. The minimum Gasteiger partial charge on any atom is -0.481 e. The largest absolute Gasteiger partial charge is 0.481 e. The van der Waals surface area contributed by atoms with Crippen LogP contribution < -0.4 is 0 Å². The van der Waals surface area contributed by atoms with E-state index in [1.54, 1.807) is 4.90 Å². The van der Waals surface area contributed by atoms with Gasteiger partial charge in [-0.05, 0) is 33.6 Å². The van der Waals surface area contributed by atoms with Crippen molar-refractivity contribution in [2.45, 2.75) is 45.7 Å². The van der Waals surface area contributed by atoms with E-state index in [-0.39, 0.29) is 24.7 Å². The Bertz CT molecular complexity index is 410. The first kappa shape index (κ1) is 17.3. The van der Waals surface area contributed by atoms with Crippen LogP contribution in [0.25, 0.3) is 0 Å². The molecule has 1 saturated heterocycles. The highest BCUT2D eigenvalue weighted by molar-refractivity contribution is 5.81. The third-order valence-corrected chi connectivity index (χ3v) is 3.87. The van der Waals surface area contributed by atoms with Gasteiger partial charge >= 0.3 is 18.0 Å². The Morgan fingerprint density at radius 1 is 1.38 bits per heavy atom. The molecule has 1 aliphatic heterocycles. The second-order valence-electron chi connectivity index (χ2n) is 5.68. The van der Waals surface area contributed by atoms with E-state index in [2.05, 4.69) is 4.74 Å². The Morgan fingerprint density at radius 2 is 2.00 bits per heavy atom. The number of ether oxygens (including phenoxy) is 1. The molecule has 0 aromatic rings. The zero-order valence-corrected chi connectivity index (χ0v) is 13.0. The lowest BCUT2D eigenvalue weighted by Crippen LogP contribution is -2.54. The summed E-state index contributed by atoms with van der Waals surface area (Å²) in [6.45, 7) is 5.79. The number of urea groups is 1. The number of aliphatic carboxylic acids is 1. The molecular weight excluding hydrogens is 276 g/mol. The summed E-state index contributed by atoms with van der Waals surface area (Å²) in [4.78, 5) is 38.1. The van der Waals surface area contributed by atoms with Crippen LogP contribution >= 0.6 is 0 Å². The zero-order chi connectivity index (χ0) is 16.2. The number of rotatable bonds is 4. The first-order chi connectivity index (χ1) is 9.77. The summed E-state index contributed by atoms with van der Waals surface area (Å²) in [5, 5.41) is 9.05. The molecule has 1 heterocycles. The van der Waals surface area contributed by atoms with Crippen LogP contribution in [0, 0.1) is 5.92 Å². The second kappa shape index (κ2) is 7.28. The summed E-state index contributed by atoms with van der Waals surface area (Å²) >= 11 is 0. The van der Waals surface area contributed by atoms with Gasteiger partial charge in [-0.2, -0.15) is 0 Å². The lowest BCUT2D eigenvalue weighted by Gasteiger charge is -2.40. The van der Waals surface area contributed by atoms with E-state index in [9.17, 15) is 14.4 Å². The van der Waals surface area contributed by atoms with Crippen LogP contribution in [0.1, 0.15) is 33.6 Å². The molecule has 2 unspecified atom stereocenters. The molecule has 1 N–H and O–H groups in total. The van der Waals surface area contributed by atoms with Gasteiger partial charge in [0, 0.05) is 18.6 Å². The predicted octanol–water partition coefficient (Wildman–Crippen LogP) is 1.17. The van der Waals surface area contributed by atoms with Gasteiger partial charge in [-0.1, -0.05) is 0 Å².